The number of carbonyl (C=O) groups is 2. The number of nitrogens with zero attached hydrogens (tertiary/aromatic N) is 1. The number of unbranched alkanes of at least 4 members (excludes halogenated alkanes) is 3. The Morgan fingerprint density at radius 1 is 1.31 bits per heavy atom. The second kappa shape index (κ2) is 12.5. The first kappa shape index (κ1) is 22.2. The highest BCUT2D eigenvalue weighted by molar-refractivity contribution is 5.79. The van der Waals surface area contributed by atoms with E-state index in [1.54, 1.807) is 6.08 Å². The number of carbonyl (C=O) groups excluding carboxylic acids is 1. The topological polar surface area (TPSA) is 77.8 Å². The van der Waals surface area contributed by atoms with E-state index in [1.165, 1.54) is 0 Å². The highest BCUT2D eigenvalue weighted by atomic mass is 16.4. The first-order valence-corrected chi connectivity index (χ1v) is 9.79. The zero-order valence-corrected chi connectivity index (χ0v) is 16.1. The first-order chi connectivity index (χ1) is 12.5. The molecule has 5 heteroatoms. The molecule has 2 N–H and O–H groups in total. The van der Waals surface area contributed by atoms with Crippen LogP contribution in [0, 0.1) is 17.8 Å². The van der Waals surface area contributed by atoms with Crippen molar-refractivity contribution in [1.82, 2.24) is 4.90 Å². The molecule has 1 rings (SSSR count). The van der Waals surface area contributed by atoms with Crippen molar-refractivity contribution >= 4 is 11.9 Å². The van der Waals surface area contributed by atoms with E-state index in [9.17, 15) is 14.7 Å². The van der Waals surface area contributed by atoms with Crippen molar-refractivity contribution in [3.05, 3.63) is 12.2 Å². The van der Waals surface area contributed by atoms with Crippen molar-refractivity contribution < 1.29 is 19.8 Å². The van der Waals surface area contributed by atoms with Crippen LogP contribution in [0.15, 0.2) is 12.2 Å². The quantitative estimate of drug-likeness (QED) is 0.335. The monoisotopic (exact) mass is 363 g/mol. The van der Waals surface area contributed by atoms with Gasteiger partial charge in [-0.05, 0) is 25.2 Å². The van der Waals surface area contributed by atoms with Crippen LogP contribution in [0.2, 0.25) is 0 Å². The SMILES string of the molecule is CCC#CC[C@H](C)[C@H](O)C=CC1CCC(=O)N1CCCCCCC(=O)O. The first-order valence-electron chi connectivity index (χ1n) is 9.79. The maximum absolute atomic E-state index is 12.1. The van der Waals surface area contributed by atoms with Crippen molar-refractivity contribution in [2.24, 2.45) is 5.92 Å². The average molecular weight is 363 g/mol. The van der Waals surface area contributed by atoms with Gasteiger partial charge in [-0.15, -0.1) is 11.8 Å². The maximum Gasteiger partial charge on any atom is 0.303 e. The zero-order valence-electron chi connectivity index (χ0n) is 16.1. The lowest BCUT2D eigenvalue weighted by Crippen LogP contribution is -2.33. The third-order valence-corrected chi connectivity index (χ3v) is 4.75. The number of amides is 1. The molecule has 0 aromatic rings. The van der Waals surface area contributed by atoms with Crippen molar-refractivity contribution in [2.45, 2.75) is 83.8 Å². The second-order valence-corrected chi connectivity index (χ2v) is 7.02. The number of aliphatic hydroxyl groups is 1. The summed E-state index contributed by atoms with van der Waals surface area (Å²) in [6, 6.07) is 0.0603. The van der Waals surface area contributed by atoms with Crippen LogP contribution in [-0.4, -0.2) is 45.7 Å². The molecule has 1 fully saturated rings. The third-order valence-electron chi connectivity index (χ3n) is 4.75. The molecule has 0 saturated carbocycles. The molecule has 0 aliphatic carbocycles. The van der Waals surface area contributed by atoms with E-state index in [-0.39, 0.29) is 24.3 Å². The molecule has 3 atom stereocenters. The summed E-state index contributed by atoms with van der Waals surface area (Å²) < 4.78 is 0. The Kier molecular flexibility index (Phi) is 10.7. The lowest BCUT2D eigenvalue weighted by Gasteiger charge is -2.23. The van der Waals surface area contributed by atoms with Crippen LogP contribution in [0.4, 0.5) is 0 Å². The minimum absolute atomic E-state index is 0.0603. The van der Waals surface area contributed by atoms with Crippen LogP contribution in [0.5, 0.6) is 0 Å². The average Bonchev–Trinajstić information content (AvgIpc) is 2.95. The molecule has 0 radical (unpaired) electrons. The second-order valence-electron chi connectivity index (χ2n) is 7.02. The van der Waals surface area contributed by atoms with Crippen LogP contribution in [0.3, 0.4) is 0 Å². The van der Waals surface area contributed by atoms with Crippen LogP contribution in [-0.2, 0) is 9.59 Å². The fraction of sp³-hybridized carbons (Fsp3) is 0.714. The summed E-state index contributed by atoms with van der Waals surface area (Å²) in [7, 11) is 0. The van der Waals surface area contributed by atoms with Crippen molar-refractivity contribution in [3.8, 4) is 11.8 Å². The van der Waals surface area contributed by atoms with Gasteiger partial charge in [0.15, 0.2) is 0 Å². The van der Waals surface area contributed by atoms with Gasteiger partial charge < -0.3 is 15.1 Å². The number of aliphatic hydroxyl groups excluding tert-OH is 1. The van der Waals surface area contributed by atoms with Gasteiger partial charge in [-0.3, -0.25) is 9.59 Å². The van der Waals surface area contributed by atoms with E-state index < -0.39 is 12.1 Å². The van der Waals surface area contributed by atoms with E-state index in [1.807, 2.05) is 24.8 Å². The lowest BCUT2D eigenvalue weighted by atomic mass is 10.00. The number of rotatable bonds is 11. The molecule has 5 nitrogen and oxygen atoms in total. The number of likely N-dealkylation sites (tertiary alicyclic amines) is 1. The Bertz CT molecular complexity index is 532. The summed E-state index contributed by atoms with van der Waals surface area (Å²) in [5.74, 6) is 5.57. The highest BCUT2D eigenvalue weighted by Crippen LogP contribution is 2.21. The van der Waals surface area contributed by atoms with E-state index in [2.05, 4.69) is 11.8 Å². The number of carboxylic acids is 1. The molecule has 1 amide bonds. The van der Waals surface area contributed by atoms with Crippen LogP contribution >= 0.6 is 0 Å². The van der Waals surface area contributed by atoms with Crippen molar-refractivity contribution in [2.75, 3.05) is 6.54 Å². The van der Waals surface area contributed by atoms with E-state index >= 15 is 0 Å². The fourth-order valence-corrected chi connectivity index (χ4v) is 3.07. The Morgan fingerprint density at radius 3 is 2.73 bits per heavy atom. The normalized spacial score (nSPS) is 19.4. The fourth-order valence-electron chi connectivity index (χ4n) is 3.07. The molecule has 1 unspecified atom stereocenters. The predicted octanol–water partition coefficient (Wildman–Crippen LogP) is 3.37. The molecule has 26 heavy (non-hydrogen) atoms. The van der Waals surface area contributed by atoms with E-state index in [0.717, 1.165) is 32.1 Å². The van der Waals surface area contributed by atoms with Gasteiger partial charge in [0.2, 0.25) is 5.91 Å². The Morgan fingerprint density at radius 2 is 2.04 bits per heavy atom. The number of aliphatic carboxylic acids is 1. The van der Waals surface area contributed by atoms with Crippen LogP contribution in [0.1, 0.15) is 71.6 Å². The largest absolute Gasteiger partial charge is 0.481 e. The zero-order chi connectivity index (χ0) is 19.4. The third kappa shape index (κ3) is 8.53. The molecule has 0 bridgehead atoms. The minimum Gasteiger partial charge on any atom is -0.481 e. The van der Waals surface area contributed by atoms with Gasteiger partial charge in [0, 0.05) is 32.2 Å². The Hall–Kier alpha value is -1.80. The molecule has 1 saturated heterocycles. The molecule has 146 valence electrons. The van der Waals surface area contributed by atoms with Gasteiger partial charge in [0.05, 0.1) is 12.1 Å². The van der Waals surface area contributed by atoms with Gasteiger partial charge in [-0.1, -0.05) is 38.8 Å². The van der Waals surface area contributed by atoms with Gasteiger partial charge in [-0.25, -0.2) is 0 Å². The number of hydrogen-bond donors (Lipinski definition) is 2. The molecule has 0 aromatic heterocycles. The number of carboxylic acid groups (broad SMARTS) is 1. The minimum atomic E-state index is -0.751. The van der Waals surface area contributed by atoms with Gasteiger partial charge in [0.25, 0.3) is 0 Å². The highest BCUT2D eigenvalue weighted by Gasteiger charge is 2.28. The standard InChI is InChI=1S/C21H33NO4/c1-3-4-7-10-17(2)19(23)14-12-18-13-15-20(24)22(18)16-9-6-5-8-11-21(25)26/h12,14,17-19,23H,3,5-6,8-11,13,15-16H2,1-2H3,(H,25,26)/t17-,18?,19+/m0/s1. The van der Waals surface area contributed by atoms with Gasteiger partial charge >= 0.3 is 5.97 Å². The summed E-state index contributed by atoms with van der Waals surface area (Å²) in [4.78, 5) is 24.5. The summed E-state index contributed by atoms with van der Waals surface area (Å²) in [5.41, 5.74) is 0. The van der Waals surface area contributed by atoms with Crippen LogP contribution < -0.4 is 0 Å². The maximum atomic E-state index is 12.1. The number of hydrogen-bond acceptors (Lipinski definition) is 3. The van der Waals surface area contributed by atoms with Crippen molar-refractivity contribution in [1.29, 1.82) is 0 Å². The lowest BCUT2D eigenvalue weighted by molar-refractivity contribution is -0.137. The molecule has 1 heterocycles. The molecular formula is C21H33NO4. The molecular weight excluding hydrogens is 330 g/mol. The van der Waals surface area contributed by atoms with E-state index in [4.69, 9.17) is 5.11 Å². The van der Waals surface area contributed by atoms with E-state index in [0.29, 0.717) is 25.8 Å². The summed E-state index contributed by atoms with van der Waals surface area (Å²) in [5, 5.41) is 18.9. The summed E-state index contributed by atoms with van der Waals surface area (Å²) in [6.07, 6.45) is 9.68. The molecule has 1 aliphatic heterocycles. The van der Waals surface area contributed by atoms with Crippen molar-refractivity contribution in [3.63, 3.8) is 0 Å². The van der Waals surface area contributed by atoms with Gasteiger partial charge in [0.1, 0.15) is 0 Å². The van der Waals surface area contributed by atoms with Crippen LogP contribution in [0.25, 0.3) is 0 Å². The van der Waals surface area contributed by atoms with Gasteiger partial charge in [-0.2, -0.15) is 0 Å². The molecule has 1 aliphatic rings. The smallest absolute Gasteiger partial charge is 0.303 e. The predicted molar refractivity (Wildman–Crippen MR) is 102 cm³/mol. The Balaban J connectivity index is 2.39. The Labute approximate surface area is 157 Å². The molecule has 0 spiro atoms. The molecule has 0 aromatic carbocycles. The summed E-state index contributed by atoms with van der Waals surface area (Å²) >= 11 is 0. The summed E-state index contributed by atoms with van der Waals surface area (Å²) in [6.45, 7) is 4.69.